The molecule has 3 aromatic carbocycles. The highest BCUT2D eigenvalue weighted by Crippen LogP contribution is 2.32. The van der Waals surface area contributed by atoms with E-state index < -0.39 is 49.8 Å². The van der Waals surface area contributed by atoms with Crippen LogP contribution in [0.5, 0.6) is 0 Å². The van der Waals surface area contributed by atoms with Crippen LogP contribution in [-0.2, 0) is 21.0 Å². The van der Waals surface area contributed by atoms with Crippen LogP contribution in [-0.4, -0.2) is 18.5 Å². The van der Waals surface area contributed by atoms with Crippen molar-refractivity contribution in [1.82, 2.24) is 0 Å². The average Bonchev–Trinajstić information content (AvgIpc) is 2.60. The third-order valence-electron chi connectivity index (χ3n) is 3.41. The van der Waals surface area contributed by atoms with Crippen molar-refractivity contribution >= 4 is 21.0 Å². The van der Waals surface area contributed by atoms with Gasteiger partial charge >= 0.3 is 5.51 Å². The highest BCUT2D eigenvalue weighted by atomic mass is 32.2. The molecule has 0 N–H and O–H groups in total. The van der Waals surface area contributed by atoms with Gasteiger partial charge < -0.3 is 4.55 Å². The number of alkyl halides is 3. The molecule has 0 heterocycles. The van der Waals surface area contributed by atoms with Gasteiger partial charge in [-0.15, -0.1) is 0 Å². The summed E-state index contributed by atoms with van der Waals surface area (Å²) in [7, 11) is -7.11. The van der Waals surface area contributed by atoms with Gasteiger partial charge in [0.1, 0.15) is 23.3 Å². The Balaban J connectivity index is 0.000000366. The van der Waals surface area contributed by atoms with Crippen LogP contribution in [0.25, 0.3) is 0 Å². The zero-order valence-electron chi connectivity index (χ0n) is 15.0. The number of hydrogen-bond donors (Lipinski definition) is 0. The Hall–Kier alpha value is -2.57. The monoisotopic (exact) mass is 484 g/mol. The maximum Gasteiger partial charge on any atom is 0.485 e. The molecule has 0 radical (unpaired) electrons. The van der Waals surface area contributed by atoms with E-state index in [1.165, 1.54) is 24.3 Å². The Morgan fingerprint density at radius 3 is 1.26 bits per heavy atom. The molecule has 0 aromatic heterocycles. The first-order valence-electron chi connectivity index (χ1n) is 8.01. The van der Waals surface area contributed by atoms with Crippen LogP contribution >= 0.6 is 0 Å². The number of hydrogen-bond acceptors (Lipinski definition) is 3. The van der Waals surface area contributed by atoms with E-state index in [0.717, 1.165) is 12.1 Å². The van der Waals surface area contributed by atoms with E-state index in [2.05, 4.69) is 0 Å². The topological polar surface area (TPSA) is 57.2 Å². The fourth-order valence-corrected chi connectivity index (χ4v) is 4.43. The van der Waals surface area contributed by atoms with Crippen molar-refractivity contribution in [2.45, 2.75) is 20.2 Å². The predicted molar refractivity (Wildman–Crippen MR) is 97.1 cm³/mol. The summed E-state index contributed by atoms with van der Waals surface area (Å²) in [5.41, 5.74) is -5.65. The van der Waals surface area contributed by atoms with Gasteiger partial charge in [0.05, 0.1) is 10.9 Å². The molecule has 0 unspecified atom stereocenters. The first-order valence-corrected chi connectivity index (χ1v) is 10.6. The third kappa shape index (κ3) is 6.97. The Kier molecular flexibility index (Phi) is 7.73. The van der Waals surface area contributed by atoms with Gasteiger partial charge in [-0.2, -0.15) is 13.2 Å². The van der Waals surface area contributed by atoms with Crippen LogP contribution in [0.4, 0.5) is 30.7 Å². The van der Waals surface area contributed by atoms with Crippen LogP contribution in [0, 0.1) is 23.3 Å². The zero-order valence-corrected chi connectivity index (χ0v) is 16.7. The first kappa shape index (κ1) is 24.7. The fraction of sp³-hybridized carbons (Fsp3) is 0.0526. The van der Waals surface area contributed by atoms with Gasteiger partial charge in [0.25, 0.3) is 0 Å². The predicted octanol–water partition coefficient (Wildman–Crippen LogP) is 5.39. The molecule has 0 bridgehead atoms. The van der Waals surface area contributed by atoms with E-state index in [0.29, 0.717) is 14.7 Å². The number of benzene rings is 3. The van der Waals surface area contributed by atoms with Gasteiger partial charge in [-0.05, 0) is 12.1 Å². The molecule has 0 amide bonds. The largest absolute Gasteiger partial charge is 0.741 e. The molecule has 3 aromatic rings. The summed E-state index contributed by atoms with van der Waals surface area (Å²) >= 11 is 0. The lowest BCUT2D eigenvalue weighted by atomic mass is 10.3. The maximum atomic E-state index is 13.6. The molecule has 3 nitrogen and oxygen atoms in total. The summed E-state index contributed by atoms with van der Waals surface area (Å²) in [5.74, 6) is -2.92. The molecule has 0 aliphatic carbocycles. The second-order valence-electron chi connectivity index (χ2n) is 5.73. The zero-order chi connectivity index (χ0) is 23.4. The lowest BCUT2D eigenvalue weighted by Crippen LogP contribution is -2.21. The van der Waals surface area contributed by atoms with Gasteiger partial charge in [0, 0.05) is 36.4 Å². The number of rotatable bonds is 3. The third-order valence-corrected chi connectivity index (χ3v) is 6.13. The fourth-order valence-electron chi connectivity index (χ4n) is 2.26. The van der Waals surface area contributed by atoms with Gasteiger partial charge in [0.2, 0.25) is 0 Å². The second kappa shape index (κ2) is 9.71. The summed E-state index contributed by atoms with van der Waals surface area (Å²) in [6.45, 7) is 0. The molecule has 3 rings (SSSR count). The summed E-state index contributed by atoms with van der Waals surface area (Å²) < 4.78 is 113. The van der Waals surface area contributed by atoms with Gasteiger partial charge in [-0.1, -0.05) is 18.2 Å². The molecule has 31 heavy (non-hydrogen) atoms. The molecule has 166 valence electrons. The molecule has 0 saturated heterocycles. The van der Waals surface area contributed by atoms with E-state index >= 15 is 0 Å². The van der Waals surface area contributed by atoms with Crippen molar-refractivity contribution < 1.29 is 43.7 Å². The minimum absolute atomic E-state index is 0.318. The minimum Gasteiger partial charge on any atom is -0.741 e. The van der Waals surface area contributed by atoms with E-state index in [1.807, 2.05) is 0 Å². The smallest absolute Gasteiger partial charge is 0.485 e. The average molecular weight is 484 g/mol. The van der Waals surface area contributed by atoms with Crippen LogP contribution in [0.15, 0.2) is 81.4 Å². The minimum atomic E-state index is -6.09. The number of halogens is 7. The van der Waals surface area contributed by atoms with Gasteiger partial charge in [0.15, 0.2) is 24.8 Å². The van der Waals surface area contributed by atoms with E-state index in [9.17, 15) is 30.7 Å². The summed E-state index contributed by atoms with van der Waals surface area (Å²) in [6, 6.07) is 15.1. The Bertz CT molecular complexity index is 1060. The van der Waals surface area contributed by atoms with E-state index in [1.54, 1.807) is 30.3 Å². The quantitative estimate of drug-likeness (QED) is 0.217. The first-order chi connectivity index (χ1) is 14.3. The summed E-state index contributed by atoms with van der Waals surface area (Å²) in [6.07, 6.45) is 0. The van der Waals surface area contributed by atoms with Crippen molar-refractivity contribution in [3.05, 3.63) is 90.0 Å². The standard InChI is InChI=1S/C18H11F4S.CHF3O3S/c19-12-6-13(20)9-17(8-12)23(16-4-2-1-3-5-16)18-10-14(21)7-15(22)11-18;2-1(3,4)8(5,6)7/h1-11H;(H,5,6,7)/q+1;/p-1. The highest BCUT2D eigenvalue weighted by Gasteiger charge is 2.37. The van der Waals surface area contributed by atoms with Crippen LogP contribution in [0.3, 0.4) is 0 Å². The highest BCUT2D eigenvalue weighted by molar-refractivity contribution is 7.97. The molecule has 0 spiro atoms. The maximum absolute atomic E-state index is 13.6. The van der Waals surface area contributed by atoms with Crippen molar-refractivity contribution in [1.29, 1.82) is 0 Å². The molecule has 0 saturated carbocycles. The van der Waals surface area contributed by atoms with Gasteiger partial charge in [-0.25, -0.2) is 26.0 Å². The molecular formula is C19H11F7O3S2. The second-order valence-corrected chi connectivity index (χ2v) is 9.13. The Morgan fingerprint density at radius 1 is 0.645 bits per heavy atom. The molecule has 12 heteroatoms. The lowest BCUT2D eigenvalue weighted by molar-refractivity contribution is -0.0517. The normalized spacial score (nSPS) is 11.8. The van der Waals surface area contributed by atoms with Crippen molar-refractivity contribution in [3.8, 4) is 0 Å². The molecule has 0 fully saturated rings. The molecular weight excluding hydrogens is 473 g/mol. The summed E-state index contributed by atoms with van der Waals surface area (Å²) in [4.78, 5) is 1.35. The van der Waals surface area contributed by atoms with Crippen LogP contribution < -0.4 is 0 Å². The summed E-state index contributed by atoms with van der Waals surface area (Å²) in [5, 5.41) is 0. The molecule has 0 aliphatic heterocycles. The lowest BCUT2D eigenvalue weighted by Gasteiger charge is -2.08. The van der Waals surface area contributed by atoms with E-state index in [-0.39, 0.29) is 0 Å². The van der Waals surface area contributed by atoms with Crippen molar-refractivity contribution in [2.24, 2.45) is 0 Å². The molecule has 0 aliphatic rings. The van der Waals surface area contributed by atoms with Crippen LogP contribution in [0.1, 0.15) is 0 Å². The Morgan fingerprint density at radius 2 is 0.968 bits per heavy atom. The van der Waals surface area contributed by atoms with Gasteiger partial charge in [-0.3, -0.25) is 0 Å². The van der Waals surface area contributed by atoms with Crippen LogP contribution in [0.2, 0.25) is 0 Å². The van der Waals surface area contributed by atoms with E-state index in [4.69, 9.17) is 13.0 Å². The van der Waals surface area contributed by atoms with Crippen molar-refractivity contribution in [3.63, 3.8) is 0 Å². The van der Waals surface area contributed by atoms with Crippen molar-refractivity contribution in [2.75, 3.05) is 0 Å². The molecule has 0 atom stereocenters. The SMILES string of the molecule is Fc1cc(F)cc([S+](c2ccccc2)c2cc(F)cc(F)c2)c1.O=S(=O)([O-])C(F)(F)F. The Labute approximate surface area is 175 Å².